The van der Waals surface area contributed by atoms with Crippen molar-refractivity contribution in [2.75, 3.05) is 19.5 Å². The van der Waals surface area contributed by atoms with Crippen LogP contribution in [0.25, 0.3) is 0 Å². The maximum absolute atomic E-state index is 5.43. The van der Waals surface area contributed by atoms with Crippen LogP contribution in [0.1, 0.15) is 22.3 Å². The second kappa shape index (κ2) is 6.53. The molecule has 0 atom stereocenters. The van der Waals surface area contributed by atoms with E-state index in [4.69, 9.17) is 9.47 Å². The van der Waals surface area contributed by atoms with Crippen LogP contribution in [0.2, 0.25) is 0 Å². The first-order valence-corrected chi connectivity index (χ1v) is 7.07. The van der Waals surface area contributed by atoms with Crippen LogP contribution in [0.5, 0.6) is 11.5 Å². The molecule has 0 saturated carbocycles. The molecule has 0 unspecified atom stereocenters. The van der Waals surface area contributed by atoms with Gasteiger partial charge in [-0.05, 0) is 55.7 Å². The van der Waals surface area contributed by atoms with Crippen molar-refractivity contribution in [2.45, 2.75) is 27.3 Å². The molecular formula is C18H23NO2. The van der Waals surface area contributed by atoms with Gasteiger partial charge in [0.15, 0.2) is 0 Å². The zero-order valence-corrected chi connectivity index (χ0v) is 13.4. The van der Waals surface area contributed by atoms with Crippen LogP contribution >= 0.6 is 0 Å². The molecule has 0 aliphatic heterocycles. The van der Waals surface area contributed by atoms with Crippen molar-refractivity contribution >= 4 is 5.69 Å². The summed E-state index contributed by atoms with van der Waals surface area (Å²) < 4.78 is 10.7. The number of ether oxygens (including phenoxy) is 2. The lowest BCUT2D eigenvalue weighted by Crippen LogP contribution is -2.04. The number of anilines is 1. The summed E-state index contributed by atoms with van der Waals surface area (Å²) in [4.78, 5) is 0. The first kappa shape index (κ1) is 15.2. The fourth-order valence-corrected chi connectivity index (χ4v) is 2.41. The molecule has 0 saturated heterocycles. The number of methoxy groups -OCH3 is 2. The third-order valence-corrected chi connectivity index (χ3v) is 3.78. The number of nitrogens with one attached hydrogen (secondary N) is 1. The predicted molar refractivity (Wildman–Crippen MR) is 87.5 cm³/mol. The van der Waals surface area contributed by atoms with Crippen molar-refractivity contribution in [1.82, 2.24) is 0 Å². The third kappa shape index (κ3) is 3.48. The van der Waals surface area contributed by atoms with Crippen LogP contribution in [-0.4, -0.2) is 14.2 Å². The van der Waals surface area contributed by atoms with E-state index in [1.165, 1.54) is 22.4 Å². The molecule has 2 aromatic carbocycles. The molecule has 21 heavy (non-hydrogen) atoms. The van der Waals surface area contributed by atoms with E-state index in [1.807, 2.05) is 18.2 Å². The van der Waals surface area contributed by atoms with Gasteiger partial charge in [-0.2, -0.15) is 0 Å². The smallest absolute Gasteiger partial charge is 0.127 e. The quantitative estimate of drug-likeness (QED) is 0.891. The average Bonchev–Trinajstić information content (AvgIpc) is 2.49. The van der Waals surface area contributed by atoms with E-state index < -0.39 is 0 Å². The molecule has 0 bridgehead atoms. The summed E-state index contributed by atoms with van der Waals surface area (Å²) in [6.07, 6.45) is 0. The Morgan fingerprint density at radius 1 is 0.952 bits per heavy atom. The van der Waals surface area contributed by atoms with E-state index in [1.54, 1.807) is 14.2 Å². The zero-order chi connectivity index (χ0) is 15.4. The second-order valence-electron chi connectivity index (χ2n) is 5.29. The number of benzene rings is 2. The Morgan fingerprint density at radius 2 is 1.71 bits per heavy atom. The van der Waals surface area contributed by atoms with Gasteiger partial charge in [0.2, 0.25) is 0 Å². The summed E-state index contributed by atoms with van der Waals surface area (Å²) >= 11 is 0. The van der Waals surface area contributed by atoms with E-state index >= 15 is 0 Å². The van der Waals surface area contributed by atoms with Crippen molar-refractivity contribution in [1.29, 1.82) is 0 Å². The Kier molecular flexibility index (Phi) is 4.73. The normalized spacial score (nSPS) is 10.3. The van der Waals surface area contributed by atoms with Gasteiger partial charge in [-0.3, -0.25) is 0 Å². The van der Waals surface area contributed by atoms with Gasteiger partial charge in [0.05, 0.1) is 14.2 Å². The lowest BCUT2D eigenvalue weighted by Gasteiger charge is -2.15. The van der Waals surface area contributed by atoms with E-state index in [2.05, 4.69) is 38.2 Å². The standard InChI is InChI=1S/C18H23NO2/c1-12-8-13(2)14(3)17(9-12)19-11-15-6-7-16(20-4)10-18(15)21-5/h6-10,19H,11H2,1-5H3. The first-order chi connectivity index (χ1) is 10.0. The molecule has 3 nitrogen and oxygen atoms in total. The van der Waals surface area contributed by atoms with Gasteiger partial charge >= 0.3 is 0 Å². The van der Waals surface area contributed by atoms with Crippen molar-refractivity contribution in [3.8, 4) is 11.5 Å². The van der Waals surface area contributed by atoms with Crippen molar-refractivity contribution < 1.29 is 9.47 Å². The minimum atomic E-state index is 0.719. The van der Waals surface area contributed by atoms with E-state index in [9.17, 15) is 0 Å². The molecule has 0 fully saturated rings. The van der Waals surface area contributed by atoms with Gasteiger partial charge in [-0.25, -0.2) is 0 Å². The lowest BCUT2D eigenvalue weighted by atomic mass is 10.0. The van der Waals surface area contributed by atoms with Gasteiger partial charge in [-0.15, -0.1) is 0 Å². The highest BCUT2D eigenvalue weighted by Gasteiger charge is 2.07. The second-order valence-corrected chi connectivity index (χ2v) is 5.29. The summed E-state index contributed by atoms with van der Waals surface area (Å²) in [5.74, 6) is 1.64. The van der Waals surface area contributed by atoms with Crippen LogP contribution in [0.15, 0.2) is 30.3 Å². The van der Waals surface area contributed by atoms with Gasteiger partial charge in [0.25, 0.3) is 0 Å². The van der Waals surface area contributed by atoms with Crippen molar-refractivity contribution in [2.24, 2.45) is 0 Å². The topological polar surface area (TPSA) is 30.5 Å². The number of rotatable bonds is 5. The number of hydrogen-bond donors (Lipinski definition) is 1. The van der Waals surface area contributed by atoms with Gasteiger partial charge in [0.1, 0.15) is 11.5 Å². The minimum absolute atomic E-state index is 0.719. The highest BCUT2D eigenvalue weighted by atomic mass is 16.5. The minimum Gasteiger partial charge on any atom is -0.497 e. The largest absolute Gasteiger partial charge is 0.497 e. The van der Waals surface area contributed by atoms with E-state index in [-0.39, 0.29) is 0 Å². The monoisotopic (exact) mass is 285 g/mol. The predicted octanol–water partition coefficient (Wildman–Crippen LogP) is 4.24. The zero-order valence-electron chi connectivity index (χ0n) is 13.4. The van der Waals surface area contributed by atoms with Crippen LogP contribution in [0.3, 0.4) is 0 Å². The summed E-state index contributed by atoms with van der Waals surface area (Å²) in [7, 11) is 3.34. The summed E-state index contributed by atoms with van der Waals surface area (Å²) in [6.45, 7) is 7.12. The molecule has 0 radical (unpaired) electrons. The fourth-order valence-electron chi connectivity index (χ4n) is 2.41. The fraction of sp³-hybridized carbons (Fsp3) is 0.333. The van der Waals surface area contributed by atoms with Gasteiger partial charge < -0.3 is 14.8 Å². The van der Waals surface area contributed by atoms with Crippen LogP contribution in [0, 0.1) is 20.8 Å². The van der Waals surface area contributed by atoms with Crippen molar-refractivity contribution in [3.63, 3.8) is 0 Å². The molecular weight excluding hydrogens is 262 g/mol. The Bertz CT molecular complexity index is 635. The summed E-state index contributed by atoms with van der Waals surface area (Å²) in [6, 6.07) is 10.3. The molecule has 1 N–H and O–H groups in total. The Labute approximate surface area is 126 Å². The van der Waals surface area contributed by atoms with Crippen LogP contribution in [-0.2, 0) is 6.54 Å². The summed E-state index contributed by atoms with van der Waals surface area (Å²) in [5.41, 5.74) is 6.14. The molecule has 0 aliphatic carbocycles. The maximum Gasteiger partial charge on any atom is 0.127 e. The lowest BCUT2D eigenvalue weighted by molar-refractivity contribution is 0.391. The maximum atomic E-state index is 5.43. The molecule has 2 rings (SSSR count). The number of aryl methyl sites for hydroxylation is 2. The molecule has 0 heterocycles. The molecule has 3 heteroatoms. The average molecular weight is 285 g/mol. The van der Waals surface area contributed by atoms with Crippen molar-refractivity contribution in [3.05, 3.63) is 52.6 Å². The molecule has 0 aliphatic rings. The highest BCUT2D eigenvalue weighted by molar-refractivity contribution is 5.56. The molecule has 0 amide bonds. The SMILES string of the molecule is COc1ccc(CNc2cc(C)cc(C)c2C)c(OC)c1. The van der Waals surface area contributed by atoms with Gasteiger partial charge in [0, 0.05) is 23.9 Å². The van der Waals surface area contributed by atoms with Gasteiger partial charge in [-0.1, -0.05) is 6.07 Å². The molecule has 0 aromatic heterocycles. The molecule has 112 valence electrons. The Morgan fingerprint density at radius 3 is 2.38 bits per heavy atom. The van der Waals surface area contributed by atoms with E-state index in [0.29, 0.717) is 0 Å². The number of hydrogen-bond acceptors (Lipinski definition) is 3. The van der Waals surface area contributed by atoms with Crippen LogP contribution in [0.4, 0.5) is 5.69 Å². The Hall–Kier alpha value is -2.16. The highest BCUT2D eigenvalue weighted by Crippen LogP contribution is 2.27. The first-order valence-electron chi connectivity index (χ1n) is 7.07. The van der Waals surface area contributed by atoms with Crippen LogP contribution < -0.4 is 14.8 Å². The molecule has 2 aromatic rings. The summed E-state index contributed by atoms with van der Waals surface area (Å²) in [5, 5.41) is 3.50. The van der Waals surface area contributed by atoms with E-state index in [0.717, 1.165) is 23.6 Å². The Balaban J connectivity index is 2.20. The molecule has 0 spiro atoms. The third-order valence-electron chi connectivity index (χ3n) is 3.78.